The maximum absolute atomic E-state index is 4.53. The molecule has 1 N–H and O–H groups in total. The average Bonchev–Trinajstić information content (AvgIpc) is 2.71. The second-order valence-electron chi connectivity index (χ2n) is 3.87. The Bertz CT molecular complexity index is 305. The molecule has 0 spiro atoms. The molecular formula is C10H16N4. The van der Waals surface area contributed by atoms with Crippen molar-refractivity contribution in [3.05, 3.63) is 18.0 Å². The number of nitrogens with zero attached hydrogens (tertiary/aromatic N) is 3. The first-order valence-electron chi connectivity index (χ1n) is 4.98. The molecule has 4 nitrogen and oxygen atoms in total. The van der Waals surface area contributed by atoms with Crippen molar-refractivity contribution in [2.45, 2.75) is 12.3 Å². The number of nitrogens with one attached hydrogen (secondary N) is 1. The molecule has 1 aromatic rings. The van der Waals surface area contributed by atoms with E-state index in [1.807, 2.05) is 31.3 Å². The van der Waals surface area contributed by atoms with Gasteiger partial charge in [0.05, 0.1) is 5.69 Å². The van der Waals surface area contributed by atoms with Gasteiger partial charge in [-0.25, -0.2) is 9.97 Å². The van der Waals surface area contributed by atoms with Gasteiger partial charge in [-0.1, -0.05) is 0 Å². The minimum absolute atomic E-state index is 0.566. The zero-order chi connectivity index (χ0) is 9.97. The molecule has 0 bridgehead atoms. The molecule has 4 heteroatoms. The van der Waals surface area contributed by atoms with Crippen molar-refractivity contribution in [1.29, 1.82) is 0 Å². The minimum atomic E-state index is 0.566. The van der Waals surface area contributed by atoms with Crippen molar-refractivity contribution in [2.24, 2.45) is 0 Å². The molecule has 0 amide bonds. The molecule has 76 valence electrons. The van der Waals surface area contributed by atoms with Crippen LogP contribution < -0.4 is 10.2 Å². The van der Waals surface area contributed by atoms with Crippen LogP contribution in [0.1, 0.15) is 18.0 Å². The highest BCUT2D eigenvalue weighted by Gasteiger charge is 2.18. The summed E-state index contributed by atoms with van der Waals surface area (Å²) in [4.78, 5) is 10.7. The van der Waals surface area contributed by atoms with Crippen LogP contribution in [0.2, 0.25) is 0 Å². The van der Waals surface area contributed by atoms with E-state index in [9.17, 15) is 0 Å². The van der Waals surface area contributed by atoms with E-state index in [1.165, 1.54) is 6.42 Å². The van der Waals surface area contributed by atoms with Crippen LogP contribution in [0, 0.1) is 0 Å². The fraction of sp³-hybridized carbons (Fsp3) is 0.600. The average molecular weight is 192 g/mol. The van der Waals surface area contributed by atoms with E-state index in [1.54, 1.807) is 0 Å². The molecule has 1 aliphatic heterocycles. The van der Waals surface area contributed by atoms with Crippen LogP contribution in [0.25, 0.3) is 0 Å². The van der Waals surface area contributed by atoms with Crippen molar-refractivity contribution in [3.63, 3.8) is 0 Å². The smallest absolute Gasteiger partial charge is 0.224 e. The highest BCUT2D eigenvalue weighted by atomic mass is 15.2. The maximum atomic E-state index is 4.53. The minimum Gasteiger partial charge on any atom is -0.347 e. The molecule has 2 heterocycles. The van der Waals surface area contributed by atoms with Crippen molar-refractivity contribution >= 4 is 5.95 Å². The number of anilines is 1. The summed E-state index contributed by atoms with van der Waals surface area (Å²) in [6, 6.07) is 2.02. The van der Waals surface area contributed by atoms with Crippen LogP contribution in [0.4, 0.5) is 5.95 Å². The Kier molecular flexibility index (Phi) is 2.63. The molecule has 0 aromatic carbocycles. The Morgan fingerprint density at radius 1 is 1.50 bits per heavy atom. The van der Waals surface area contributed by atoms with Gasteiger partial charge >= 0.3 is 0 Å². The van der Waals surface area contributed by atoms with E-state index < -0.39 is 0 Å². The zero-order valence-corrected chi connectivity index (χ0v) is 8.70. The standard InChI is InChI=1S/C10H16N4/c1-14(2)10-12-6-4-9(13-10)8-3-5-11-7-8/h4,6,8,11H,3,5,7H2,1-2H3/t8-/m1/s1. The Labute approximate surface area is 84.4 Å². The Morgan fingerprint density at radius 2 is 2.36 bits per heavy atom. The molecule has 14 heavy (non-hydrogen) atoms. The van der Waals surface area contributed by atoms with Crippen LogP contribution in [-0.2, 0) is 0 Å². The lowest BCUT2D eigenvalue weighted by Gasteiger charge is -2.13. The summed E-state index contributed by atoms with van der Waals surface area (Å²) in [6.07, 6.45) is 3.03. The normalized spacial score (nSPS) is 21.1. The zero-order valence-electron chi connectivity index (χ0n) is 8.70. The lowest BCUT2D eigenvalue weighted by molar-refractivity contribution is 0.728. The summed E-state index contributed by atoms with van der Waals surface area (Å²) in [7, 11) is 3.93. The SMILES string of the molecule is CN(C)c1nccc([C@@H]2CCNC2)n1. The van der Waals surface area contributed by atoms with Gasteiger partial charge in [0, 0.05) is 32.8 Å². The summed E-state index contributed by atoms with van der Waals surface area (Å²) in [5, 5.41) is 3.35. The number of hydrogen-bond acceptors (Lipinski definition) is 4. The van der Waals surface area contributed by atoms with E-state index in [0.29, 0.717) is 5.92 Å². The molecule has 1 aromatic heterocycles. The van der Waals surface area contributed by atoms with Gasteiger partial charge < -0.3 is 10.2 Å². The Balaban J connectivity index is 2.21. The third-order valence-electron chi connectivity index (χ3n) is 2.54. The topological polar surface area (TPSA) is 41.1 Å². The predicted octanol–water partition coefficient (Wildman–Crippen LogP) is 0.619. The number of aromatic nitrogens is 2. The van der Waals surface area contributed by atoms with Crippen LogP contribution in [-0.4, -0.2) is 37.2 Å². The Morgan fingerprint density at radius 3 is 3.00 bits per heavy atom. The summed E-state index contributed by atoms with van der Waals surface area (Å²) in [5.41, 5.74) is 1.16. The molecule has 0 unspecified atom stereocenters. The molecule has 0 radical (unpaired) electrons. The molecule has 0 aliphatic carbocycles. The lowest BCUT2D eigenvalue weighted by atomic mass is 10.1. The molecule has 1 fully saturated rings. The molecule has 1 aliphatic rings. The quantitative estimate of drug-likeness (QED) is 0.745. The van der Waals surface area contributed by atoms with Crippen molar-refractivity contribution in [3.8, 4) is 0 Å². The number of rotatable bonds is 2. The van der Waals surface area contributed by atoms with E-state index in [2.05, 4.69) is 15.3 Å². The first kappa shape index (κ1) is 9.40. The van der Waals surface area contributed by atoms with Crippen molar-refractivity contribution in [1.82, 2.24) is 15.3 Å². The van der Waals surface area contributed by atoms with Crippen LogP contribution in [0.5, 0.6) is 0 Å². The monoisotopic (exact) mass is 192 g/mol. The van der Waals surface area contributed by atoms with Gasteiger partial charge in [-0.15, -0.1) is 0 Å². The van der Waals surface area contributed by atoms with Crippen LogP contribution in [0.15, 0.2) is 12.3 Å². The fourth-order valence-corrected chi connectivity index (χ4v) is 1.71. The maximum Gasteiger partial charge on any atom is 0.224 e. The van der Waals surface area contributed by atoms with Gasteiger partial charge in [0.25, 0.3) is 0 Å². The van der Waals surface area contributed by atoms with Crippen LogP contribution in [0.3, 0.4) is 0 Å². The third kappa shape index (κ3) is 1.85. The van der Waals surface area contributed by atoms with E-state index in [-0.39, 0.29) is 0 Å². The molecule has 2 rings (SSSR count). The highest BCUT2D eigenvalue weighted by Crippen LogP contribution is 2.20. The van der Waals surface area contributed by atoms with Gasteiger partial charge in [-0.05, 0) is 19.0 Å². The first-order valence-corrected chi connectivity index (χ1v) is 4.98. The van der Waals surface area contributed by atoms with E-state index in [4.69, 9.17) is 0 Å². The van der Waals surface area contributed by atoms with Gasteiger partial charge in [0.1, 0.15) is 0 Å². The molecular weight excluding hydrogens is 176 g/mol. The molecule has 1 atom stereocenters. The summed E-state index contributed by atoms with van der Waals surface area (Å²) >= 11 is 0. The first-order chi connectivity index (χ1) is 6.77. The van der Waals surface area contributed by atoms with Gasteiger partial charge in [-0.2, -0.15) is 0 Å². The van der Waals surface area contributed by atoms with Crippen molar-refractivity contribution < 1.29 is 0 Å². The second kappa shape index (κ2) is 3.92. The van der Waals surface area contributed by atoms with Gasteiger partial charge in [0.15, 0.2) is 0 Å². The summed E-state index contributed by atoms with van der Waals surface area (Å²) < 4.78 is 0. The number of hydrogen-bond donors (Lipinski definition) is 1. The fourth-order valence-electron chi connectivity index (χ4n) is 1.71. The Hall–Kier alpha value is -1.16. The lowest BCUT2D eigenvalue weighted by Crippen LogP contribution is -2.15. The van der Waals surface area contributed by atoms with Crippen molar-refractivity contribution in [2.75, 3.05) is 32.1 Å². The summed E-state index contributed by atoms with van der Waals surface area (Å²) in [5.74, 6) is 1.37. The molecule has 1 saturated heterocycles. The van der Waals surface area contributed by atoms with Gasteiger partial charge in [0.2, 0.25) is 5.95 Å². The predicted molar refractivity (Wildman–Crippen MR) is 56.6 cm³/mol. The highest BCUT2D eigenvalue weighted by molar-refractivity contribution is 5.28. The largest absolute Gasteiger partial charge is 0.347 e. The van der Waals surface area contributed by atoms with Crippen LogP contribution >= 0.6 is 0 Å². The van der Waals surface area contributed by atoms with E-state index in [0.717, 1.165) is 24.7 Å². The summed E-state index contributed by atoms with van der Waals surface area (Å²) in [6.45, 7) is 2.15. The van der Waals surface area contributed by atoms with E-state index >= 15 is 0 Å². The molecule has 0 saturated carbocycles. The van der Waals surface area contributed by atoms with Gasteiger partial charge in [-0.3, -0.25) is 0 Å². The second-order valence-corrected chi connectivity index (χ2v) is 3.87. The third-order valence-corrected chi connectivity index (χ3v) is 2.54.